The number of hydrogen-bond donors (Lipinski definition) is 0. The van der Waals surface area contributed by atoms with Crippen molar-refractivity contribution in [3.63, 3.8) is 0 Å². The second kappa shape index (κ2) is 4.87. The normalized spacial score (nSPS) is 19.1. The van der Waals surface area contributed by atoms with Gasteiger partial charge in [-0.1, -0.05) is 0 Å². The number of nitriles is 1. The highest BCUT2D eigenvalue weighted by molar-refractivity contribution is 5.78. The van der Waals surface area contributed by atoms with Gasteiger partial charge in [0.2, 0.25) is 5.91 Å². The number of carbonyl (C=O) groups is 1. The van der Waals surface area contributed by atoms with Crippen molar-refractivity contribution in [2.45, 2.75) is 51.2 Å². The summed E-state index contributed by atoms with van der Waals surface area (Å²) >= 11 is 0. The summed E-state index contributed by atoms with van der Waals surface area (Å²) in [6.07, 6.45) is 9.89. The molecule has 2 fully saturated rings. The van der Waals surface area contributed by atoms with Gasteiger partial charge in [0.05, 0.1) is 6.20 Å². The summed E-state index contributed by atoms with van der Waals surface area (Å²) in [6, 6.07) is 2.90. The fourth-order valence-electron chi connectivity index (χ4n) is 3.32. The predicted octanol–water partition coefficient (Wildman–Crippen LogP) is 1.80. The van der Waals surface area contributed by atoms with Crippen LogP contribution in [-0.2, 0) is 11.3 Å². The fourth-order valence-corrected chi connectivity index (χ4v) is 3.32. The van der Waals surface area contributed by atoms with Gasteiger partial charge in [-0.15, -0.1) is 0 Å². The molecule has 22 heavy (non-hydrogen) atoms. The Hall–Kier alpha value is -2.29. The SMILES string of the molecule is C[C@H](C1CC1)N(C(=O)Cn1ccn2ncc(C#N)c12)C1CC1. The quantitative estimate of drug-likeness (QED) is 0.845. The molecular formula is C16H19N5O. The van der Waals surface area contributed by atoms with Crippen molar-refractivity contribution in [1.29, 1.82) is 5.26 Å². The molecule has 6 heteroatoms. The van der Waals surface area contributed by atoms with Crippen LogP contribution in [0.1, 0.15) is 38.2 Å². The first kappa shape index (κ1) is 13.4. The van der Waals surface area contributed by atoms with Gasteiger partial charge >= 0.3 is 0 Å². The molecule has 6 nitrogen and oxygen atoms in total. The van der Waals surface area contributed by atoms with Crippen LogP contribution in [0, 0.1) is 17.2 Å². The highest BCUT2D eigenvalue weighted by atomic mass is 16.2. The van der Waals surface area contributed by atoms with Gasteiger partial charge in [-0.2, -0.15) is 10.4 Å². The third-order valence-electron chi connectivity index (χ3n) is 4.83. The topological polar surface area (TPSA) is 66.3 Å². The van der Waals surface area contributed by atoms with E-state index < -0.39 is 0 Å². The number of carbonyl (C=O) groups excluding carboxylic acids is 1. The molecule has 0 N–H and O–H groups in total. The summed E-state index contributed by atoms with van der Waals surface area (Å²) in [7, 11) is 0. The van der Waals surface area contributed by atoms with Crippen molar-refractivity contribution in [2.75, 3.05) is 0 Å². The van der Waals surface area contributed by atoms with E-state index in [1.54, 1.807) is 16.9 Å². The molecule has 2 saturated carbocycles. The van der Waals surface area contributed by atoms with Crippen LogP contribution in [0.25, 0.3) is 5.65 Å². The van der Waals surface area contributed by atoms with Crippen LogP contribution in [0.5, 0.6) is 0 Å². The second-order valence-corrected chi connectivity index (χ2v) is 6.47. The highest BCUT2D eigenvalue weighted by Crippen LogP contribution is 2.39. The molecular weight excluding hydrogens is 278 g/mol. The van der Waals surface area contributed by atoms with Gasteiger partial charge < -0.3 is 9.47 Å². The number of imidazole rings is 1. The van der Waals surface area contributed by atoms with E-state index in [0.717, 1.165) is 12.8 Å². The Balaban J connectivity index is 1.59. The number of fused-ring (bicyclic) bond motifs is 1. The standard InChI is InChI=1S/C16H19N5O/c1-11(12-2-3-12)21(14-4-5-14)15(22)10-19-6-7-20-16(19)13(8-17)9-18-20/h6-7,9,11-12,14H,2-5,10H2,1H3/t11-/m1/s1. The molecule has 0 spiro atoms. The van der Waals surface area contributed by atoms with Crippen LogP contribution in [0.15, 0.2) is 18.6 Å². The van der Waals surface area contributed by atoms with Crippen molar-refractivity contribution in [2.24, 2.45) is 5.92 Å². The van der Waals surface area contributed by atoms with Crippen LogP contribution in [0.3, 0.4) is 0 Å². The molecule has 0 unspecified atom stereocenters. The first-order valence-electron chi connectivity index (χ1n) is 7.93. The van der Waals surface area contributed by atoms with Gasteiger partial charge in [-0.05, 0) is 38.5 Å². The molecule has 2 aromatic heterocycles. The molecule has 0 radical (unpaired) electrons. The number of nitrogens with zero attached hydrogens (tertiary/aromatic N) is 5. The van der Waals surface area contributed by atoms with Crippen molar-refractivity contribution in [3.8, 4) is 6.07 Å². The zero-order valence-electron chi connectivity index (χ0n) is 12.6. The van der Waals surface area contributed by atoms with Crippen molar-refractivity contribution < 1.29 is 4.79 Å². The van der Waals surface area contributed by atoms with Crippen LogP contribution < -0.4 is 0 Å². The first-order valence-corrected chi connectivity index (χ1v) is 7.93. The first-order chi connectivity index (χ1) is 10.7. The summed E-state index contributed by atoms with van der Waals surface area (Å²) in [5.41, 5.74) is 1.21. The highest BCUT2D eigenvalue weighted by Gasteiger charge is 2.41. The number of rotatable bonds is 5. The summed E-state index contributed by atoms with van der Waals surface area (Å²) in [5.74, 6) is 0.837. The lowest BCUT2D eigenvalue weighted by Crippen LogP contribution is -2.43. The molecule has 4 rings (SSSR count). The fraction of sp³-hybridized carbons (Fsp3) is 0.562. The summed E-state index contributed by atoms with van der Waals surface area (Å²) in [4.78, 5) is 14.9. The lowest BCUT2D eigenvalue weighted by Gasteiger charge is -2.29. The van der Waals surface area contributed by atoms with Gasteiger partial charge in [-0.25, -0.2) is 4.52 Å². The van der Waals surface area contributed by atoms with E-state index in [4.69, 9.17) is 5.26 Å². The Kier molecular flexibility index (Phi) is 2.96. The zero-order chi connectivity index (χ0) is 15.3. The maximum absolute atomic E-state index is 12.8. The number of amides is 1. The molecule has 0 saturated heterocycles. The average Bonchev–Trinajstić information content (AvgIpc) is 3.41. The van der Waals surface area contributed by atoms with Gasteiger partial charge in [0, 0.05) is 24.5 Å². The Morgan fingerprint density at radius 1 is 1.45 bits per heavy atom. The van der Waals surface area contributed by atoms with Crippen molar-refractivity contribution >= 4 is 11.6 Å². The summed E-state index contributed by atoms with van der Waals surface area (Å²) in [5, 5.41) is 13.3. The van der Waals surface area contributed by atoms with E-state index in [-0.39, 0.29) is 12.5 Å². The molecule has 1 amide bonds. The van der Waals surface area contributed by atoms with Gasteiger partial charge in [0.15, 0.2) is 5.65 Å². The largest absolute Gasteiger partial charge is 0.335 e. The Bertz CT molecular complexity index is 759. The zero-order valence-corrected chi connectivity index (χ0v) is 12.6. The van der Waals surface area contributed by atoms with Crippen LogP contribution >= 0.6 is 0 Å². The smallest absolute Gasteiger partial charge is 0.243 e. The number of aromatic nitrogens is 3. The molecule has 2 heterocycles. The minimum absolute atomic E-state index is 0.157. The maximum Gasteiger partial charge on any atom is 0.243 e. The van der Waals surface area contributed by atoms with E-state index >= 15 is 0 Å². The second-order valence-electron chi connectivity index (χ2n) is 6.47. The summed E-state index contributed by atoms with van der Waals surface area (Å²) in [6.45, 7) is 2.46. The molecule has 0 bridgehead atoms. The monoisotopic (exact) mass is 297 g/mol. The van der Waals surface area contributed by atoms with E-state index in [9.17, 15) is 4.79 Å². The van der Waals surface area contributed by atoms with Crippen LogP contribution in [-0.4, -0.2) is 37.1 Å². The minimum Gasteiger partial charge on any atom is -0.335 e. The van der Waals surface area contributed by atoms with E-state index in [1.807, 2.05) is 10.8 Å². The molecule has 2 aliphatic carbocycles. The Morgan fingerprint density at radius 3 is 2.86 bits per heavy atom. The molecule has 0 aliphatic heterocycles. The third kappa shape index (κ3) is 2.17. The molecule has 0 aromatic carbocycles. The van der Waals surface area contributed by atoms with E-state index in [0.29, 0.717) is 29.2 Å². The van der Waals surface area contributed by atoms with Crippen LogP contribution in [0.2, 0.25) is 0 Å². The lowest BCUT2D eigenvalue weighted by atomic mass is 10.1. The van der Waals surface area contributed by atoms with Crippen molar-refractivity contribution in [3.05, 3.63) is 24.2 Å². The molecule has 2 aromatic rings. The van der Waals surface area contributed by atoms with E-state index in [2.05, 4.69) is 23.0 Å². The summed E-state index contributed by atoms with van der Waals surface area (Å²) < 4.78 is 3.49. The molecule has 114 valence electrons. The van der Waals surface area contributed by atoms with Gasteiger partial charge in [0.1, 0.15) is 18.2 Å². The Morgan fingerprint density at radius 2 is 2.23 bits per heavy atom. The van der Waals surface area contributed by atoms with E-state index in [1.165, 1.54) is 12.8 Å². The predicted molar refractivity (Wildman–Crippen MR) is 80.0 cm³/mol. The van der Waals surface area contributed by atoms with Gasteiger partial charge in [-0.3, -0.25) is 4.79 Å². The van der Waals surface area contributed by atoms with Crippen LogP contribution in [0.4, 0.5) is 0 Å². The minimum atomic E-state index is 0.157. The maximum atomic E-state index is 12.8. The number of hydrogen-bond acceptors (Lipinski definition) is 3. The molecule has 2 aliphatic rings. The lowest BCUT2D eigenvalue weighted by molar-refractivity contribution is -0.134. The van der Waals surface area contributed by atoms with Crippen molar-refractivity contribution in [1.82, 2.24) is 19.1 Å². The van der Waals surface area contributed by atoms with Gasteiger partial charge in [0.25, 0.3) is 0 Å². The molecule has 1 atom stereocenters. The third-order valence-corrected chi connectivity index (χ3v) is 4.83. The average molecular weight is 297 g/mol. The Labute approximate surface area is 128 Å².